The summed E-state index contributed by atoms with van der Waals surface area (Å²) in [5.41, 5.74) is 5.89. The van der Waals surface area contributed by atoms with E-state index in [1.807, 2.05) is 0 Å². The van der Waals surface area contributed by atoms with Crippen molar-refractivity contribution in [3.05, 3.63) is 65.2 Å². The molecule has 3 rings (SSSR count). The highest BCUT2D eigenvalue weighted by atomic mass is 19.1. The van der Waals surface area contributed by atoms with Crippen LogP contribution >= 0.6 is 0 Å². The third-order valence-electron chi connectivity index (χ3n) is 4.69. The molecule has 0 spiro atoms. The Kier molecular flexibility index (Phi) is 5.13. The number of carbonyl (C=O) groups excluding carboxylic acids is 2. The number of halogens is 2. The van der Waals surface area contributed by atoms with Crippen molar-refractivity contribution in [1.82, 2.24) is 0 Å². The second kappa shape index (κ2) is 7.38. The zero-order valence-corrected chi connectivity index (χ0v) is 15.3. The van der Waals surface area contributed by atoms with Crippen molar-refractivity contribution in [2.75, 3.05) is 5.32 Å². The molecule has 146 valence electrons. The molecule has 2 amide bonds. The van der Waals surface area contributed by atoms with Gasteiger partial charge >= 0.3 is 0 Å². The summed E-state index contributed by atoms with van der Waals surface area (Å²) in [5.74, 6) is -2.18. The summed E-state index contributed by atoms with van der Waals surface area (Å²) >= 11 is 0. The molecule has 0 bridgehead atoms. The Labute approximate surface area is 160 Å². The molecular weight excluding hydrogens is 368 g/mol. The van der Waals surface area contributed by atoms with Gasteiger partial charge in [0.2, 0.25) is 12.0 Å². The zero-order chi connectivity index (χ0) is 20.5. The fourth-order valence-electron chi connectivity index (χ4n) is 2.73. The molecule has 3 N–H and O–H groups in total. The van der Waals surface area contributed by atoms with Gasteiger partial charge in [-0.2, -0.15) is 0 Å². The molecule has 2 aromatic rings. The van der Waals surface area contributed by atoms with E-state index in [9.17, 15) is 18.4 Å². The summed E-state index contributed by atoms with van der Waals surface area (Å²) in [6.45, 7) is 3.42. The van der Waals surface area contributed by atoms with Gasteiger partial charge < -0.3 is 15.9 Å². The molecule has 1 aliphatic heterocycles. The Morgan fingerprint density at radius 3 is 2.50 bits per heavy atom. The lowest BCUT2D eigenvalue weighted by Crippen LogP contribution is -2.35. The Morgan fingerprint density at radius 2 is 1.86 bits per heavy atom. The first-order chi connectivity index (χ1) is 13.2. The Morgan fingerprint density at radius 1 is 1.18 bits per heavy atom. The number of anilines is 1. The molecule has 8 heteroatoms. The van der Waals surface area contributed by atoms with Crippen LogP contribution in [0.4, 0.5) is 14.5 Å². The number of primary amides is 1. The number of nitrogens with two attached hydrogens (primary N) is 1. The van der Waals surface area contributed by atoms with Crippen LogP contribution < -0.4 is 11.1 Å². The van der Waals surface area contributed by atoms with Crippen LogP contribution in [0, 0.1) is 11.6 Å². The number of nitrogens with one attached hydrogen (secondary N) is 1. The van der Waals surface area contributed by atoms with Gasteiger partial charge in [0.25, 0.3) is 5.91 Å². The van der Waals surface area contributed by atoms with Crippen LogP contribution in [0.15, 0.2) is 47.6 Å². The molecule has 2 aromatic carbocycles. The average molecular weight is 387 g/mol. The Bertz CT molecular complexity index is 956. The van der Waals surface area contributed by atoms with E-state index >= 15 is 0 Å². The molecule has 1 aliphatic rings. The summed E-state index contributed by atoms with van der Waals surface area (Å²) in [6, 6.07) is 9.68. The predicted molar refractivity (Wildman–Crippen MR) is 99.7 cm³/mol. The van der Waals surface area contributed by atoms with Crippen LogP contribution in [-0.2, 0) is 19.8 Å². The summed E-state index contributed by atoms with van der Waals surface area (Å²) in [5, 5.41) is 6.38. The summed E-state index contributed by atoms with van der Waals surface area (Å²) in [7, 11) is 0. The molecule has 28 heavy (non-hydrogen) atoms. The van der Waals surface area contributed by atoms with Crippen molar-refractivity contribution >= 4 is 23.2 Å². The van der Waals surface area contributed by atoms with Crippen molar-refractivity contribution in [3.8, 4) is 0 Å². The van der Waals surface area contributed by atoms with E-state index in [0.717, 1.165) is 18.2 Å². The van der Waals surface area contributed by atoms with Crippen molar-refractivity contribution in [2.45, 2.75) is 31.8 Å². The fourth-order valence-corrected chi connectivity index (χ4v) is 2.73. The summed E-state index contributed by atoms with van der Waals surface area (Å²) < 4.78 is 27.2. The van der Waals surface area contributed by atoms with E-state index in [0.29, 0.717) is 11.3 Å². The number of hydrogen-bond donors (Lipinski definition) is 2. The monoisotopic (exact) mass is 387 g/mol. The maximum atomic E-state index is 13.9. The molecule has 1 heterocycles. The van der Waals surface area contributed by atoms with Crippen LogP contribution in [0.2, 0.25) is 0 Å². The van der Waals surface area contributed by atoms with Gasteiger partial charge in [-0.05, 0) is 49.7 Å². The SMILES string of the molecule is CC(C)(C(N)=O)c1ccc(NC(=O)[C@@H]2CC(c3cc(F)ccc3F)=NO2)cc1. The Hall–Kier alpha value is -3.29. The van der Waals surface area contributed by atoms with Gasteiger partial charge in [-0.3, -0.25) is 9.59 Å². The van der Waals surface area contributed by atoms with Crippen LogP contribution in [0.5, 0.6) is 0 Å². The number of amides is 2. The number of hydrogen-bond acceptors (Lipinski definition) is 4. The molecule has 1 atom stereocenters. The topological polar surface area (TPSA) is 93.8 Å². The highest BCUT2D eigenvalue weighted by Crippen LogP contribution is 2.25. The van der Waals surface area contributed by atoms with E-state index < -0.39 is 35.0 Å². The van der Waals surface area contributed by atoms with Crippen LogP contribution in [0.3, 0.4) is 0 Å². The average Bonchev–Trinajstić information content (AvgIpc) is 3.14. The van der Waals surface area contributed by atoms with E-state index in [4.69, 9.17) is 10.6 Å². The molecule has 0 radical (unpaired) electrons. The van der Waals surface area contributed by atoms with E-state index in [-0.39, 0.29) is 17.7 Å². The van der Waals surface area contributed by atoms with Gasteiger partial charge in [0.05, 0.1) is 11.1 Å². The molecule has 0 saturated heterocycles. The quantitative estimate of drug-likeness (QED) is 0.826. The van der Waals surface area contributed by atoms with Crippen LogP contribution in [0.1, 0.15) is 31.4 Å². The molecule has 0 saturated carbocycles. The van der Waals surface area contributed by atoms with E-state index in [2.05, 4.69) is 10.5 Å². The Balaban J connectivity index is 1.65. The molecular formula is C20H19F2N3O3. The maximum absolute atomic E-state index is 13.9. The predicted octanol–water partition coefficient (Wildman–Crippen LogP) is 2.86. The highest BCUT2D eigenvalue weighted by molar-refractivity contribution is 6.06. The molecule has 6 nitrogen and oxygen atoms in total. The lowest BCUT2D eigenvalue weighted by atomic mass is 9.84. The minimum Gasteiger partial charge on any atom is -0.382 e. The lowest BCUT2D eigenvalue weighted by Gasteiger charge is -2.21. The summed E-state index contributed by atoms with van der Waals surface area (Å²) in [6.07, 6.45) is -0.946. The van der Waals surface area contributed by atoms with Gasteiger partial charge in [-0.1, -0.05) is 17.3 Å². The number of carbonyl (C=O) groups is 2. The van der Waals surface area contributed by atoms with E-state index in [1.165, 1.54) is 0 Å². The number of benzene rings is 2. The summed E-state index contributed by atoms with van der Waals surface area (Å²) in [4.78, 5) is 29.0. The second-order valence-electron chi connectivity index (χ2n) is 7.02. The van der Waals surface area contributed by atoms with Gasteiger partial charge in [0, 0.05) is 17.7 Å². The second-order valence-corrected chi connectivity index (χ2v) is 7.02. The van der Waals surface area contributed by atoms with Gasteiger partial charge in [-0.25, -0.2) is 8.78 Å². The number of oxime groups is 1. The third-order valence-corrected chi connectivity index (χ3v) is 4.69. The minimum atomic E-state index is -0.959. The third kappa shape index (κ3) is 3.85. The standard InChI is InChI=1S/C20H19F2N3O3/c1-20(2,19(23)27)11-3-6-13(7-4-11)24-18(26)17-10-16(25-28-17)14-9-12(21)5-8-15(14)22/h3-9,17H,10H2,1-2H3,(H2,23,27)(H,24,26)/t17-/m0/s1. The molecule has 0 fully saturated rings. The number of nitrogens with zero attached hydrogens (tertiary/aromatic N) is 1. The number of rotatable bonds is 5. The zero-order valence-electron chi connectivity index (χ0n) is 15.3. The van der Waals surface area contributed by atoms with Crippen molar-refractivity contribution in [2.24, 2.45) is 10.9 Å². The van der Waals surface area contributed by atoms with Gasteiger partial charge in [0.15, 0.2) is 0 Å². The molecule has 0 unspecified atom stereocenters. The lowest BCUT2D eigenvalue weighted by molar-refractivity contribution is -0.125. The van der Waals surface area contributed by atoms with Crippen molar-refractivity contribution in [1.29, 1.82) is 0 Å². The van der Waals surface area contributed by atoms with Gasteiger partial charge in [0.1, 0.15) is 11.6 Å². The van der Waals surface area contributed by atoms with E-state index in [1.54, 1.807) is 38.1 Å². The van der Waals surface area contributed by atoms with Crippen LogP contribution in [-0.4, -0.2) is 23.6 Å². The maximum Gasteiger partial charge on any atom is 0.268 e. The molecule has 0 aromatic heterocycles. The first-order valence-corrected chi connectivity index (χ1v) is 8.58. The first-order valence-electron chi connectivity index (χ1n) is 8.58. The van der Waals surface area contributed by atoms with Crippen molar-refractivity contribution < 1.29 is 23.2 Å². The fraction of sp³-hybridized carbons (Fsp3) is 0.250. The van der Waals surface area contributed by atoms with Crippen molar-refractivity contribution in [3.63, 3.8) is 0 Å². The van der Waals surface area contributed by atoms with Gasteiger partial charge in [-0.15, -0.1) is 0 Å². The largest absolute Gasteiger partial charge is 0.382 e. The molecule has 0 aliphatic carbocycles. The highest BCUT2D eigenvalue weighted by Gasteiger charge is 2.31. The minimum absolute atomic E-state index is 0.0129. The first kappa shape index (κ1) is 19.5. The van der Waals surface area contributed by atoms with Crippen LogP contribution in [0.25, 0.3) is 0 Å². The smallest absolute Gasteiger partial charge is 0.268 e. The normalized spacial score (nSPS) is 16.3.